The summed E-state index contributed by atoms with van der Waals surface area (Å²) in [4.78, 5) is 40.6. The Morgan fingerprint density at radius 3 is 2.65 bits per heavy atom. The Morgan fingerprint density at radius 2 is 1.84 bits per heavy atom. The molecule has 8 nitrogen and oxygen atoms in total. The van der Waals surface area contributed by atoms with Crippen LogP contribution in [0.15, 0.2) is 18.2 Å². The van der Waals surface area contributed by atoms with E-state index in [9.17, 15) is 14.4 Å². The second-order valence-corrected chi connectivity index (χ2v) is 8.88. The van der Waals surface area contributed by atoms with E-state index in [1.54, 1.807) is 4.90 Å². The van der Waals surface area contributed by atoms with E-state index in [1.807, 2.05) is 18.2 Å². The molecule has 3 amide bonds. The third-order valence-corrected chi connectivity index (χ3v) is 6.96. The minimum atomic E-state index is -0.592. The summed E-state index contributed by atoms with van der Waals surface area (Å²) in [6.07, 6.45) is 5.32. The molecule has 3 atom stereocenters. The number of fused-ring (bicyclic) bond motifs is 1. The molecule has 0 radical (unpaired) electrons. The SMILES string of the molecule is O=C1CCC(N2Cc3cc(O[C@H]4CCCC[C@@H]4N4CCOCC4)ccc3C2=O)C(=O)N1. The van der Waals surface area contributed by atoms with E-state index in [-0.39, 0.29) is 30.2 Å². The fourth-order valence-corrected chi connectivity index (χ4v) is 5.34. The number of benzene rings is 1. The van der Waals surface area contributed by atoms with E-state index < -0.39 is 6.04 Å². The Balaban J connectivity index is 1.29. The van der Waals surface area contributed by atoms with Crippen LogP contribution in [0.2, 0.25) is 0 Å². The van der Waals surface area contributed by atoms with Crippen LogP contribution in [0.25, 0.3) is 0 Å². The first kappa shape index (κ1) is 20.5. The molecule has 1 saturated carbocycles. The molecule has 0 spiro atoms. The van der Waals surface area contributed by atoms with Gasteiger partial charge in [-0.3, -0.25) is 24.6 Å². The molecule has 1 unspecified atom stereocenters. The summed E-state index contributed by atoms with van der Waals surface area (Å²) in [6.45, 7) is 3.82. The molecule has 5 rings (SSSR count). The zero-order valence-electron chi connectivity index (χ0n) is 17.7. The molecule has 8 heteroatoms. The number of amides is 3. The van der Waals surface area contributed by atoms with Crippen molar-refractivity contribution in [1.29, 1.82) is 0 Å². The molecular formula is C23H29N3O5. The van der Waals surface area contributed by atoms with Gasteiger partial charge in [-0.15, -0.1) is 0 Å². The Labute approximate surface area is 181 Å². The van der Waals surface area contributed by atoms with Gasteiger partial charge in [0.05, 0.1) is 13.2 Å². The quantitative estimate of drug-likeness (QED) is 0.733. The Kier molecular flexibility index (Phi) is 5.67. The number of ether oxygens (including phenoxy) is 2. The van der Waals surface area contributed by atoms with Gasteiger partial charge < -0.3 is 14.4 Å². The van der Waals surface area contributed by atoms with E-state index in [0.29, 0.717) is 24.6 Å². The maximum absolute atomic E-state index is 12.9. The molecule has 1 aliphatic carbocycles. The molecule has 1 aromatic carbocycles. The highest BCUT2D eigenvalue weighted by atomic mass is 16.5. The van der Waals surface area contributed by atoms with E-state index >= 15 is 0 Å². The van der Waals surface area contributed by atoms with Crippen molar-refractivity contribution in [2.24, 2.45) is 0 Å². The molecule has 31 heavy (non-hydrogen) atoms. The van der Waals surface area contributed by atoms with Crippen molar-refractivity contribution in [3.63, 3.8) is 0 Å². The number of carbonyl (C=O) groups excluding carboxylic acids is 3. The lowest BCUT2D eigenvalue weighted by Gasteiger charge is -2.41. The van der Waals surface area contributed by atoms with Crippen LogP contribution in [0.4, 0.5) is 0 Å². The first-order valence-corrected chi connectivity index (χ1v) is 11.4. The number of nitrogens with one attached hydrogen (secondary N) is 1. The topological polar surface area (TPSA) is 88.2 Å². The highest BCUT2D eigenvalue weighted by Gasteiger charge is 2.39. The monoisotopic (exact) mass is 427 g/mol. The summed E-state index contributed by atoms with van der Waals surface area (Å²) in [5, 5.41) is 2.35. The van der Waals surface area contributed by atoms with Gasteiger partial charge in [-0.2, -0.15) is 0 Å². The van der Waals surface area contributed by atoms with Crippen molar-refractivity contribution in [2.45, 2.75) is 63.3 Å². The summed E-state index contributed by atoms with van der Waals surface area (Å²) in [5.74, 6) is -0.0328. The number of piperidine rings is 1. The summed E-state index contributed by atoms with van der Waals surface area (Å²) < 4.78 is 12.0. The highest BCUT2D eigenvalue weighted by Crippen LogP contribution is 2.33. The van der Waals surface area contributed by atoms with Crippen molar-refractivity contribution in [3.05, 3.63) is 29.3 Å². The van der Waals surface area contributed by atoms with E-state index in [2.05, 4.69) is 10.2 Å². The molecule has 2 saturated heterocycles. The summed E-state index contributed by atoms with van der Waals surface area (Å²) in [6, 6.07) is 5.43. The van der Waals surface area contributed by atoms with Gasteiger partial charge in [-0.25, -0.2) is 0 Å². The number of rotatable bonds is 4. The highest BCUT2D eigenvalue weighted by molar-refractivity contribution is 6.05. The lowest BCUT2D eigenvalue weighted by Crippen LogP contribution is -2.52. The standard InChI is InChI=1S/C23H29N3O5/c27-21-8-7-19(22(28)24-21)26-14-15-13-16(5-6-17(15)23(26)29)31-20-4-2-1-3-18(20)25-9-11-30-12-10-25/h5-6,13,18-20H,1-4,7-12,14H2,(H,24,27,28)/t18-,19?,20-/m0/s1. The van der Waals surface area contributed by atoms with Crippen LogP contribution in [0.1, 0.15) is 54.4 Å². The fourth-order valence-electron chi connectivity index (χ4n) is 5.34. The normalized spacial score (nSPS) is 29.6. The predicted molar refractivity (Wildman–Crippen MR) is 112 cm³/mol. The van der Waals surface area contributed by atoms with Crippen molar-refractivity contribution in [3.8, 4) is 5.75 Å². The van der Waals surface area contributed by atoms with Crippen molar-refractivity contribution < 1.29 is 23.9 Å². The third kappa shape index (κ3) is 4.06. The zero-order valence-corrected chi connectivity index (χ0v) is 17.7. The minimum absolute atomic E-state index is 0.133. The Hall–Kier alpha value is -2.45. The lowest BCUT2D eigenvalue weighted by atomic mass is 9.91. The predicted octanol–water partition coefficient (Wildman–Crippen LogP) is 1.47. The Morgan fingerprint density at radius 1 is 1.03 bits per heavy atom. The van der Waals surface area contributed by atoms with Crippen LogP contribution < -0.4 is 10.1 Å². The van der Waals surface area contributed by atoms with Crippen LogP contribution >= 0.6 is 0 Å². The molecular weight excluding hydrogens is 398 g/mol. The summed E-state index contributed by atoms with van der Waals surface area (Å²) in [7, 11) is 0. The van der Waals surface area contributed by atoms with E-state index in [4.69, 9.17) is 9.47 Å². The van der Waals surface area contributed by atoms with Gasteiger partial charge in [0.1, 0.15) is 17.9 Å². The molecule has 166 valence electrons. The van der Waals surface area contributed by atoms with Crippen LogP contribution in [-0.2, 0) is 20.9 Å². The van der Waals surface area contributed by atoms with Crippen LogP contribution in [0, 0.1) is 0 Å². The molecule has 3 aliphatic heterocycles. The molecule has 3 fully saturated rings. The molecule has 0 bridgehead atoms. The van der Waals surface area contributed by atoms with Gasteiger partial charge in [0.2, 0.25) is 11.8 Å². The van der Waals surface area contributed by atoms with Gasteiger partial charge in [0.25, 0.3) is 5.91 Å². The Bertz CT molecular complexity index is 882. The minimum Gasteiger partial charge on any atom is -0.489 e. The number of morpholine rings is 1. The second-order valence-electron chi connectivity index (χ2n) is 8.88. The van der Waals surface area contributed by atoms with Gasteiger partial charge >= 0.3 is 0 Å². The van der Waals surface area contributed by atoms with Crippen LogP contribution in [0.3, 0.4) is 0 Å². The molecule has 0 aromatic heterocycles. The zero-order chi connectivity index (χ0) is 21.4. The number of hydrogen-bond donors (Lipinski definition) is 1. The van der Waals surface area contributed by atoms with Gasteiger partial charge in [0.15, 0.2) is 0 Å². The van der Waals surface area contributed by atoms with Gasteiger partial charge in [0, 0.05) is 37.7 Å². The lowest BCUT2D eigenvalue weighted by molar-refractivity contribution is -0.136. The molecule has 4 aliphatic rings. The average molecular weight is 428 g/mol. The number of nitrogens with zero attached hydrogens (tertiary/aromatic N) is 2. The van der Waals surface area contributed by atoms with Crippen LogP contribution in [-0.4, -0.2) is 72.0 Å². The second kappa shape index (κ2) is 8.59. The van der Waals surface area contributed by atoms with Gasteiger partial charge in [-0.1, -0.05) is 6.42 Å². The molecule has 1 aromatic rings. The first-order chi connectivity index (χ1) is 15.1. The summed E-state index contributed by atoms with van der Waals surface area (Å²) in [5.41, 5.74) is 1.50. The van der Waals surface area contributed by atoms with Crippen molar-refractivity contribution in [2.75, 3.05) is 26.3 Å². The fraction of sp³-hybridized carbons (Fsp3) is 0.609. The number of imide groups is 1. The number of hydrogen-bond acceptors (Lipinski definition) is 6. The average Bonchev–Trinajstić information content (AvgIpc) is 3.10. The first-order valence-electron chi connectivity index (χ1n) is 11.4. The maximum atomic E-state index is 12.9. The van der Waals surface area contributed by atoms with Gasteiger partial charge in [-0.05, 0) is 49.4 Å². The largest absolute Gasteiger partial charge is 0.489 e. The van der Waals surface area contributed by atoms with E-state index in [0.717, 1.165) is 56.9 Å². The number of carbonyl (C=O) groups is 3. The van der Waals surface area contributed by atoms with Crippen molar-refractivity contribution >= 4 is 17.7 Å². The molecule has 1 N–H and O–H groups in total. The maximum Gasteiger partial charge on any atom is 0.255 e. The van der Waals surface area contributed by atoms with E-state index in [1.165, 1.54) is 6.42 Å². The van der Waals surface area contributed by atoms with Crippen LogP contribution in [0.5, 0.6) is 5.75 Å². The summed E-state index contributed by atoms with van der Waals surface area (Å²) >= 11 is 0. The molecule has 3 heterocycles. The van der Waals surface area contributed by atoms with Crippen molar-refractivity contribution in [1.82, 2.24) is 15.1 Å². The smallest absolute Gasteiger partial charge is 0.255 e. The third-order valence-electron chi connectivity index (χ3n) is 6.96.